The summed E-state index contributed by atoms with van der Waals surface area (Å²) >= 11 is 1.82. The summed E-state index contributed by atoms with van der Waals surface area (Å²) in [5, 5.41) is 16.0. The molecule has 275 valence electrons. The van der Waals surface area contributed by atoms with E-state index in [0.29, 0.717) is 5.92 Å². The second-order valence-corrected chi connectivity index (χ2v) is 16.6. The van der Waals surface area contributed by atoms with Gasteiger partial charge in [-0.3, -0.25) is 9.78 Å². The van der Waals surface area contributed by atoms with Crippen LogP contribution in [0.25, 0.3) is 43.4 Å². The molecule has 0 amide bonds. The van der Waals surface area contributed by atoms with Gasteiger partial charge in [0.1, 0.15) is 12.1 Å². The molecule has 0 fully saturated rings. The van der Waals surface area contributed by atoms with Gasteiger partial charge in [0, 0.05) is 58.4 Å². The number of aliphatic hydroxyl groups excluding tert-OH is 1. The van der Waals surface area contributed by atoms with Gasteiger partial charge in [-0.2, -0.15) is 0 Å². The van der Waals surface area contributed by atoms with Crippen LogP contribution in [0.1, 0.15) is 113 Å². The molecular formula is C45H57IrN2O2S-. The van der Waals surface area contributed by atoms with Crippen LogP contribution in [-0.4, -0.2) is 20.9 Å². The SMILES string of the molecule is CC(C)Cc1ccc(-c2cc(-c3[c-]c4ccccc4c(C(C)(C)C)c3)ncn2)c2ccsc12.CCC(C)(CC)C(=O)/C=C(\O)C(C)(CC)CC.[Ir]. The zero-order valence-corrected chi connectivity index (χ0v) is 35.7. The Morgan fingerprint density at radius 3 is 2.08 bits per heavy atom. The fourth-order valence-corrected chi connectivity index (χ4v) is 7.22. The number of fused-ring (bicyclic) bond motifs is 2. The van der Waals surface area contributed by atoms with Crippen molar-refractivity contribution in [2.75, 3.05) is 0 Å². The Kier molecular flexibility index (Phi) is 14.5. The molecule has 0 atom stereocenters. The minimum Gasteiger partial charge on any atom is -0.512 e. The maximum atomic E-state index is 12.2. The first-order valence-corrected chi connectivity index (χ1v) is 19.2. The van der Waals surface area contributed by atoms with Crippen molar-refractivity contribution in [1.82, 2.24) is 9.97 Å². The smallest absolute Gasteiger partial charge is 0.164 e. The van der Waals surface area contributed by atoms with Gasteiger partial charge in [-0.25, -0.2) is 4.98 Å². The third-order valence-electron chi connectivity index (χ3n) is 10.7. The molecule has 0 aliphatic carbocycles. The van der Waals surface area contributed by atoms with E-state index in [1.807, 2.05) is 52.9 Å². The molecule has 0 spiro atoms. The number of hydrogen-bond acceptors (Lipinski definition) is 5. The number of carbonyl (C=O) groups excluding carboxylic acids is 1. The third kappa shape index (κ3) is 9.63. The molecule has 1 radical (unpaired) electrons. The third-order valence-corrected chi connectivity index (χ3v) is 11.7. The molecule has 4 nitrogen and oxygen atoms in total. The molecular weight excluding hydrogens is 825 g/mol. The summed E-state index contributed by atoms with van der Waals surface area (Å²) in [7, 11) is 0. The van der Waals surface area contributed by atoms with Gasteiger partial charge in [0.15, 0.2) is 5.78 Å². The van der Waals surface area contributed by atoms with Crippen LogP contribution in [0.3, 0.4) is 0 Å². The van der Waals surface area contributed by atoms with Crippen LogP contribution in [0.15, 0.2) is 78.1 Å². The van der Waals surface area contributed by atoms with Crippen molar-refractivity contribution >= 4 is 38.0 Å². The molecule has 0 saturated heterocycles. The van der Waals surface area contributed by atoms with E-state index < -0.39 is 0 Å². The summed E-state index contributed by atoms with van der Waals surface area (Å²) in [6, 6.07) is 23.2. The standard InChI is InChI=1S/C30H29N2S.C15H28O2.Ir/c1-19(2)14-21-10-11-24(25-12-13-33-29(21)25)28-17-27(31-18-32-28)22-15-20-8-6-7-9-23(20)26(16-22)30(3,4)5;1-7-14(5,8-2)12(16)11-13(17)15(6,9-3)10-4;/h6-13,16-19H,14H2,1-5H3;11,16H,7-10H2,1-6H3;/q-1;;/b;12-11-;. The Hall–Kier alpha value is -3.18. The molecule has 6 heteroatoms. The quantitative estimate of drug-likeness (QED) is 0.0815. The number of nitrogens with zero attached hydrogens (tertiary/aromatic N) is 2. The van der Waals surface area contributed by atoms with E-state index >= 15 is 0 Å². The van der Waals surface area contributed by atoms with Gasteiger partial charge >= 0.3 is 0 Å². The van der Waals surface area contributed by atoms with Crippen molar-refractivity contribution in [2.45, 2.75) is 114 Å². The maximum Gasteiger partial charge on any atom is 0.164 e. The minimum absolute atomic E-state index is 0. The number of aromatic nitrogens is 2. The van der Waals surface area contributed by atoms with E-state index in [1.165, 1.54) is 38.2 Å². The van der Waals surface area contributed by atoms with Gasteiger partial charge < -0.3 is 5.11 Å². The summed E-state index contributed by atoms with van der Waals surface area (Å²) in [4.78, 5) is 21.5. The Morgan fingerprint density at radius 1 is 0.843 bits per heavy atom. The zero-order valence-electron chi connectivity index (χ0n) is 32.5. The zero-order chi connectivity index (χ0) is 36.9. The van der Waals surface area contributed by atoms with Crippen LogP contribution >= 0.6 is 11.3 Å². The van der Waals surface area contributed by atoms with Crippen molar-refractivity contribution in [3.63, 3.8) is 0 Å². The second-order valence-electron chi connectivity index (χ2n) is 15.6. The molecule has 0 aliphatic heterocycles. The molecule has 3 aromatic carbocycles. The number of benzene rings is 3. The van der Waals surface area contributed by atoms with Crippen LogP contribution in [0.4, 0.5) is 0 Å². The molecule has 0 bridgehead atoms. The normalized spacial score (nSPS) is 12.5. The van der Waals surface area contributed by atoms with E-state index in [9.17, 15) is 9.90 Å². The number of carbonyl (C=O) groups is 1. The van der Waals surface area contributed by atoms with E-state index in [1.54, 1.807) is 6.33 Å². The summed E-state index contributed by atoms with van der Waals surface area (Å²) < 4.78 is 1.37. The van der Waals surface area contributed by atoms with Crippen molar-refractivity contribution in [2.24, 2.45) is 16.7 Å². The van der Waals surface area contributed by atoms with Crippen molar-refractivity contribution in [1.29, 1.82) is 0 Å². The van der Waals surface area contributed by atoms with Crippen molar-refractivity contribution in [3.8, 4) is 22.5 Å². The Balaban J connectivity index is 0.000000335. The molecule has 2 aromatic heterocycles. The van der Waals surface area contributed by atoms with E-state index in [2.05, 4.69) is 111 Å². The molecule has 0 unspecified atom stereocenters. The average molecular weight is 882 g/mol. The summed E-state index contributed by atoms with van der Waals surface area (Å²) in [5.74, 6) is 0.918. The van der Waals surface area contributed by atoms with Gasteiger partial charge in [-0.05, 0) is 66.5 Å². The number of aliphatic hydroxyl groups is 1. The number of hydrogen-bond donors (Lipinski definition) is 1. The largest absolute Gasteiger partial charge is 0.512 e. The Morgan fingerprint density at radius 2 is 1.47 bits per heavy atom. The number of ketones is 1. The molecule has 2 heterocycles. The summed E-state index contributed by atoms with van der Waals surface area (Å²) in [6.07, 6.45) is 7.53. The van der Waals surface area contributed by atoms with Crippen LogP contribution in [0.5, 0.6) is 0 Å². The van der Waals surface area contributed by atoms with E-state index in [-0.39, 0.29) is 47.9 Å². The number of rotatable bonds is 11. The van der Waals surface area contributed by atoms with Gasteiger partial charge in [0.2, 0.25) is 0 Å². The first kappa shape index (κ1) is 42.2. The first-order chi connectivity index (χ1) is 23.6. The van der Waals surface area contributed by atoms with Gasteiger partial charge in [0.25, 0.3) is 0 Å². The second kappa shape index (κ2) is 17.6. The summed E-state index contributed by atoms with van der Waals surface area (Å²) in [5.41, 5.74) is 6.20. The van der Waals surface area contributed by atoms with E-state index in [0.717, 1.165) is 54.4 Å². The predicted octanol–water partition coefficient (Wildman–Crippen LogP) is 13.1. The van der Waals surface area contributed by atoms with Gasteiger partial charge in [-0.15, -0.1) is 40.5 Å². The molecule has 5 rings (SSSR count). The Labute approximate surface area is 324 Å². The molecule has 5 aromatic rings. The fraction of sp³-hybridized carbons (Fsp3) is 0.444. The van der Waals surface area contributed by atoms with Crippen LogP contribution in [0.2, 0.25) is 0 Å². The average Bonchev–Trinajstić information content (AvgIpc) is 3.61. The number of thiophene rings is 1. The first-order valence-electron chi connectivity index (χ1n) is 18.3. The molecule has 0 saturated carbocycles. The van der Waals surface area contributed by atoms with Crippen molar-refractivity contribution < 1.29 is 30.0 Å². The number of allylic oxidation sites excluding steroid dienone is 2. The topological polar surface area (TPSA) is 63.1 Å². The van der Waals surface area contributed by atoms with Crippen LogP contribution in [-0.2, 0) is 36.7 Å². The van der Waals surface area contributed by atoms with Crippen LogP contribution in [0, 0.1) is 22.8 Å². The molecule has 51 heavy (non-hydrogen) atoms. The van der Waals surface area contributed by atoms with Crippen LogP contribution < -0.4 is 0 Å². The van der Waals surface area contributed by atoms with Gasteiger partial charge in [-0.1, -0.05) is 117 Å². The molecule has 0 aliphatic rings. The van der Waals surface area contributed by atoms with Gasteiger partial charge in [0.05, 0.1) is 5.69 Å². The summed E-state index contributed by atoms with van der Waals surface area (Å²) in [6.45, 7) is 23.4. The van der Waals surface area contributed by atoms with E-state index in [4.69, 9.17) is 0 Å². The minimum atomic E-state index is -0.337. The monoisotopic (exact) mass is 882 g/mol. The Bertz CT molecular complexity index is 1960. The predicted molar refractivity (Wildman–Crippen MR) is 215 cm³/mol. The maximum absolute atomic E-state index is 12.2. The fourth-order valence-electron chi connectivity index (χ4n) is 6.27. The molecule has 1 N–H and O–H groups in total. The van der Waals surface area contributed by atoms with Crippen molar-refractivity contribution in [3.05, 3.63) is 95.3 Å².